The average molecular weight is 533 g/mol. The van der Waals surface area contributed by atoms with Gasteiger partial charge in [0.25, 0.3) is 0 Å². The van der Waals surface area contributed by atoms with E-state index in [-0.39, 0.29) is 5.16 Å². The van der Waals surface area contributed by atoms with Crippen LogP contribution in [0.15, 0.2) is 133 Å². The first-order chi connectivity index (χ1) is 19.4. The van der Waals surface area contributed by atoms with E-state index in [1.807, 2.05) is 0 Å². The number of benzene rings is 6. The zero-order valence-corrected chi connectivity index (χ0v) is 24.0. The molecule has 1 aliphatic heterocycles. The normalized spacial score (nSPS) is 14.6. The predicted octanol–water partition coefficient (Wildman–Crippen LogP) is 10.7. The molecule has 0 bridgehead atoms. The van der Waals surface area contributed by atoms with E-state index in [1.54, 1.807) is 0 Å². The van der Waals surface area contributed by atoms with Gasteiger partial charge in [0.1, 0.15) is 0 Å². The predicted molar refractivity (Wildman–Crippen MR) is 176 cm³/mol. The molecule has 0 aromatic heterocycles. The fourth-order valence-electron chi connectivity index (χ4n) is 6.19. The second-order valence-corrected chi connectivity index (χ2v) is 14.9. The van der Waals surface area contributed by atoms with E-state index in [1.165, 1.54) is 32.7 Å². The molecular formula is C36H31BN2P. The molecule has 1 aliphatic rings. The molecule has 1 heterocycles. The van der Waals surface area contributed by atoms with E-state index < -0.39 is 7.44 Å². The van der Waals surface area contributed by atoms with Crippen LogP contribution in [0.5, 0.6) is 0 Å². The van der Waals surface area contributed by atoms with Gasteiger partial charge in [0.15, 0.2) is 0 Å². The first-order valence-corrected chi connectivity index (χ1v) is 15.6. The average Bonchev–Trinajstić information content (AvgIpc) is 3.08. The monoisotopic (exact) mass is 533 g/mol. The first-order valence-electron chi connectivity index (χ1n) is 13.8. The molecule has 0 spiro atoms. The summed E-state index contributed by atoms with van der Waals surface area (Å²) < 4.78 is 4.97. The largest absolute Gasteiger partial charge is 0.248 e. The molecule has 7 rings (SSSR count). The summed E-state index contributed by atoms with van der Waals surface area (Å²) in [5, 5.41) is 4.62. The van der Waals surface area contributed by atoms with E-state index in [4.69, 9.17) is 7.57 Å². The lowest BCUT2D eigenvalue weighted by Crippen LogP contribution is -2.41. The van der Waals surface area contributed by atoms with Crippen LogP contribution in [0.25, 0.3) is 32.7 Å². The van der Waals surface area contributed by atoms with Crippen molar-refractivity contribution in [3.8, 4) is 11.1 Å². The Kier molecular flexibility index (Phi) is 5.77. The zero-order chi connectivity index (χ0) is 27.5. The molecule has 0 saturated heterocycles. The minimum atomic E-state index is -2.71. The summed E-state index contributed by atoms with van der Waals surface area (Å²) in [5.74, 6) is 0. The third-order valence-corrected chi connectivity index (χ3v) is 12.2. The molecular weight excluding hydrogens is 502 g/mol. The number of fused-ring (bicyclic) bond motifs is 7. The van der Waals surface area contributed by atoms with Crippen molar-refractivity contribution < 1.29 is 0 Å². The van der Waals surface area contributed by atoms with E-state index in [2.05, 4.69) is 164 Å². The lowest BCUT2D eigenvalue weighted by molar-refractivity contribution is 0.773. The quantitative estimate of drug-likeness (QED) is 0.161. The van der Waals surface area contributed by atoms with Crippen LogP contribution < -0.4 is 9.34 Å². The number of hydrogen-bond acceptors (Lipinski definition) is 2. The standard InChI is InChI=1S/C36H31BN2P/c1-36(2,3)40(37)38(28-16-6-4-7-17-28)32-24-22-26-14-10-12-20-30(26)34(32)35-31-21-13-11-15-27(31)23-25-33(35)39(40)29-18-8-5-9-19-29/h4-25H,1-3H3. The summed E-state index contributed by atoms with van der Waals surface area (Å²) in [6.45, 7) is 6.87. The number of anilines is 4. The maximum absolute atomic E-state index is 8.07. The summed E-state index contributed by atoms with van der Waals surface area (Å²) in [6, 6.07) is 48.0. The van der Waals surface area contributed by atoms with Crippen molar-refractivity contribution in [2.75, 3.05) is 9.34 Å². The minimum Gasteiger partial charge on any atom is -0.248 e. The van der Waals surface area contributed by atoms with Gasteiger partial charge in [-0.15, -0.1) is 0 Å². The van der Waals surface area contributed by atoms with Crippen molar-refractivity contribution in [2.24, 2.45) is 0 Å². The molecule has 0 aliphatic carbocycles. The van der Waals surface area contributed by atoms with Gasteiger partial charge in [-0.3, -0.25) is 0 Å². The first kappa shape index (κ1) is 24.9. The molecule has 0 fully saturated rings. The lowest BCUT2D eigenvalue weighted by atomic mass is 9.90. The van der Waals surface area contributed by atoms with Gasteiger partial charge in [-0.05, 0) is 78.7 Å². The maximum Gasteiger partial charge on any atom is 0.0843 e. The van der Waals surface area contributed by atoms with Crippen LogP contribution in [-0.2, 0) is 0 Å². The number of para-hydroxylation sites is 2. The second kappa shape index (κ2) is 9.25. The molecule has 6 aromatic rings. The van der Waals surface area contributed by atoms with Gasteiger partial charge in [-0.2, -0.15) is 0 Å². The van der Waals surface area contributed by atoms with Crippen LogP contribution in [-0.4, -0.2) is 12.7 Å². The van der Waals surface area contributed by atoms with E-state index >= 15 is 0 Å². The van der Waals surface area contributed by atoms with Crippen LogP contribution in [0.1, 0.15) is 20.8 Å². The minimum absolute atomic E-state index is 0.283. The fourth-order valence-corrected chi connectivity index (χ4v) is 9.53. The zero-order valence-electron chi connectivity index (χ0n) is 23.1. The molecule has 40 heavy (non-hydrogen) atoms. The van der Waals surface area contributed by atoms with Gasteiger partial charge in [-0.25, -0.2) is 16.9 Å². The topological polar surface area (TPSA) is 6.48 Å². The number of rotatable bonds is 2. The Bertz CT molecular complexity index is 1730. The van der Waals surface area contributed by atoms with Crippen molar-refractivity contribution in [1.82, 2.24) is 0 Å². The second-order valence-electron chi connectivity index (χ2n) is 11.5. The van der Waals surface area contributed by atoms with Crippen molar-refractivity contribution in [2.45, 2.75) is 25.9 Å². The summed E-state index contributed by atoms with van der Waals surface area (Å²) in [5.41, 5.74) is 6.95. The van der Waals surface area contributed by atoms with Gasteiger partial charge < -0.3 is 0 Å². The van der Waals surface area contributed by atoms with Crippen molar-refractivity contribution in [3.05, 3.63) is 133 Å². The van der Waals surface area contributed by atoms with Crippen LogP contribution in [0.2, 0.25) is 0 Å². The summed E-state index contributed by atoms with van der Waals surface area (Å²) in [6.07, 6.45) is 0. The maximum atomic E-state index is 8.07. The molecule has 2 nitrogen and oxygen atoms in total. The van der Waals surface area contributed by atoms with Crippen molar-refractivity contribution in [1.29, 1.82) is 0 Å². The Morgan fingerprint density at radius 1 is 0.475 bits per heavy atom. The molecule has 0 N–H and O–H groups in total. The molecule has 193 valence electrons. The summed E-state index contributed by atoms with van der Waals surface area (Å²) in [7, 11) is 5.36. The Balaban J connectivity index is 1.76. The third-order valence-electron chi connectivity index (χ3n) is 8.12. The SMILES string of the molecule is [B-][P+]1(C(C)(C)C)N(c2ccccc2)c2ccc3ccccc3c2-c2c(ccc3ccccc23)N1c1ccccc1. The van der Waals surface area contributed by atoms with E-state index in [0.29, 0.717) is 0 Å². The third kappa shape index (κ3) is 3.61. The van der Waals surface area contributed by atoms with Crippen LogP contribution in [0.4, 0.5) is 22.7 Å². The molecule has 0 saturated carbocycles. The van der Waals surface area contributed by atoms with Crippen molar-refractivity contribution >= 4 is 59.3 Å². The van der Waals surface area contributed by atoms with E-state index in [0.717, 1.165) is 22.7 Å². The molecule has 0 atom stereocenters. The Morgan fingerprint density at radius 2 is 0.850 bits per heavy atom. The highest BCUT2D eigenvalue weighted by Gasteiger charge is 2.50. The number of hydrogen-bond donors (Lipinski definition) is 0. The van der Waals surface area contributed by atoms with Crippen LogP contribution in [0.3, 0.4) is 0 Å². The highest BCUT2D eigenvalue weighted by molar-refractivity contribution is 8.01. The van der Waals surface area contributed by atoms with Gasteiger partial charge >= 0.3 is 0 Å². The van der Waals surface area contributed by atoms with Gasteiger partial charge in [0.05, 0.1) is 27.9 Å². The van der Waals surface area contributed by atoms with E-state index in [9.17, 15) is 0 Å². The molecule has 0 amide bonds. The van der Waals surface area contributed by atoms with Gasteiger partial charge in [0, 0.05) is 11.1 Å². The molecule has 0 unspecified atom stereocenters. The fraction of sp³-hybridized carbons (Fsp3) is 0.111. The molecule has 3 radical (unpaired) electrons. The van der Waals surface area contributed by atoms with Crippen molar-refractivity contribution in [3.63, 3.8) is 0 Å². The number of nitrogens with zero attached hydrogens (tertiary/aromatic N) is 2. The molecule has 4 heteroatoms. The smallest absolute Gasteiger partial charge is 0.0843 e. The lowest BCUT2D eigenvalue weighted by Gasteiger charge is -2.59. The highest BCUT2D eigenvalue weighted by Crippen LogP contribution is 2.78. The highest BCUT2D eigenvalue weighted by atomic mass is 31.2. The summed E-state index contributed by atoms with van der Waals surface area (Å²) >= 11 is 0. The Labute approximate surface area is 238 Å². The molecule has 6 aromatic carbocycles. The van der Waals surface area contributed by atoms with Crippen LogP contribution in [0, 0.1) is 0 Å². The Hall–Kier alpha value is -4.07. The summed E-state index contributed by atoms with van der Waals surface area (Å²) in [4.78, 5) is 0. The van der Waals surface area contributed by atoms with Crippen LogP contribution >= 0.6 is 7.44 Å². The van der Waals surface area contributed by atoms with Gasteiger partial charge in [0.2, 0.25) is 0 Å². The van der Waals surface area contributed by atoms with Gasteiger partial charge in [-0.1, -0.05) is 105 Å². The Morgan fingerprint density at radius 3 is 1.25 bits per heavy atom.